The van der Waals surface area contributed by atoms with Gasteiger partial charge in [-0.1, -0.05) is 50.2 Å². The summed E-state index contributed by atoms with van der Waals surface area (Å²) in [6, 6.07) is 22.2. The Hall–Kier alpha value is -3.71. The second-order valence-corrected chi connectivity index (χ2v) is 9.65. The lowest BCUT2D eigenvalue weighted by Crippen LogP contribution is -2.56. The number of amides is 1. The van der Waals surface area contributed by atoms with Crippen molar-refractivity contribution in [2.45, 2.75) is 33.0 Å². The molecule has 1 saturated heterocycles. The number of aromatic nitrogens is 2. The Bertz CT molecular complexity index is 1340. The zero-order chi connectivity index (χ0) is 25.1. The molecule has 2 heterocycles. The Morgan fingerprint density at radius 3 is 2.64 bits per heavy atom. The van der Waals surface area contributed by atoms with Crippen LogP contribution in [-0.2, 0) is 13.2 Å². The van der Waals surface area contributed by atoms with Gasteiger partial charge in [-0.15, -0.1) is 0 Å². The summed E-state index contributed by atoms with van der Waals surface area (Å²) in [7, 11) is 0. The molecule has 1 atom stereocenters. The fourth-order valence-corrected chi connectivity index (χ4v) is 4.80. The van der Waals surface area contributed by atoms with Crippen LogP contribution in [0, 0.1) is 11.7 Å². The van der Waals surface area contributed by atoms with Crippen LogP contribution >= 0.6 is 0 Å². The number of ether oxygens (including phenoxy) is 1. The van der Waals surface area contributed by atoms with E-state index < -0.39 is 0 Å². The van der Waals surface area contributed by atoms with E-state index in [1.807, 2.05) is 65.6 Å². The molecule has 3 aromatic carbocycles. The summed E-state index contributed by atoms with van der Waals surface area (Å²) >= 11 is 0. The van der Waals surface area contributed by atoms with E-state index in [4.69, 9.17) is 4.74 Å². The van der Waals surface area contributed by atoms with Crippen molar-refractivity contribution >= 4 is 16.9 Å². The van der Waals surface area contributed by atoms with Crippen LogP contribution in [0.25, 0.3) is 11.0 Å². The minimum Gasteiger partial charge on any atom is -0.486 e. The lowest BCUT2D eigenvalue weighted by atomic mass is 9.98. The second-order valence-electron chi connectivity index (χ2n) is 9.65. The Morgan fingerprint density at radius 2 is 1.86 bits per heavy atom. The summed E-state index contributed by atoms with van der Waals surface area (Å²) < 4.78 is 20.0. The molecule has 36 heavy (non-hydrogen) atoms. The SMILES string of the molecule is CC(C)[C@H]1CN(Cc2ccccc2F)CCN1C(=O)c1ccc2nc(COc3ccccc3)[nH]c2c1. The Labute approximate surface area is 210 Å². The van der Waals surface area contributed by atoms with E-state index in [9.17, 15) is 9.18 Å². The van der Waals surface area contributed by atoms with E-state index in [2.05, 4.69) is 28.7 Å². The predicted octanol–water partition coefficient (Wildman–Crippen LogP) is 5.26. The molecule has 0 bridgehead atoms. The summed E-state index contributed by atoms with van der Waals surface area (Å²) in [6.45, 7) is 7.16. The molecule has 1 aliphatic heterocycles. The van der Waals surface area contributed by atoms with E-state index in [0.717, 1.165) is 16.8 Å². The Morgan fingerprint density at radius 1 is 1.08 bits per heavy atom. The van der Waals surface area contributed by atoms with Gasteiger partial charge in [-0.2, -0.15) is 0 Å². The highest BCUT2D eigenvalue weighted by molar-refractivity contribution is 5.97. The number of nitrogens with one attached hydrogen (secondary N) is 1. The molecular weight excluding hydrogens is 455 g/mol. The molecule has 7 heteroatoms. The van der Waals surface area contributed by atoms with Gasteiger partial charge in [0.05, 0.1) is 11.0 Å². The van der Waals surface area contributed by atoms with E-state index in [1.165, 1.54) is 6.07 Å². The minimum absolute atomic E-state index is 0.0119. The fourth-order valence-electron chi connectivity index (χ4n) is 4.80. The largest absolute Gasteiger partial charge is 0.486 e. The van der Waals surface area contributed by atoms with Crippen LogP contribution in [0.4, 0.5) is 4.39 Å². The molecule has 1 N–H and O–H groups in total. The standard InChI is InChI=1S/C29H31FN4O2/c1-20(2)27-18-33(17-22-8-6-7-11-24(22)30)14-15-34(27)29(35)21-12-13-25-26(16-21)32-28(31-25)19-36-23-9-4-3-5-10-23/h3-13,16,20,27H,14-15,17-19H2,1-2H3,(H,31,32)/t27-/m1/s1. The lowest BCUT2D eigenvalue weighted by Gasteiger charge is -2.43. The maximum atomic E-state index is 14.2. The number of piperazine rings is 1. The molecule has 1 aliphatic rings. The molecular formula is C29H31FN4O2. The predicted molar refractivity (Wildman–Crippen MR) is 138 cm³/mol. The molecule has 5 rings (SSSR count). The summed E-state index contributed by atoms with van der Waals surface area (Å²) in [6.07, 6.45) is 0. The average Bonchev–Trinajstić information content (AvgIpc) is 3.31. The maximum absolute atomic E-state index is 14.2. The first-order chi connectivity index (χ1) is 17.5. The van der Waals surface area contributed by atoms with Crippen molar-refractivity contribution in [2.75, 3.05) is 19.6 Å². The number of para-hydroxylation sites is 1. The molecule has 0 saturated carbocycles. The Kier molecular flexibility index (Phi) is 7.00. The number of halogens is 1. The van der Waals surface area contributed by atoms with E-state index in [1.54, 1.807) is 6.07 Å². The monoisotopic (exact) mass is 486 g/mol. The normalized spacial score (nSPS) is 16.6. The number of hydrogen-bond donors (Lipinski definition) is 1. The quantitative estimate of drug-likeness (QED) is 0.387. The number of benzene rings is 3. The van der Waals surface area contributed by atoms with Crippen LogP contribution in [0.1, 0.15) is 35.6 Å². The molecule has 186 valence electrons. The number of hydrogen-bond acceptors (Lipinski definition) is 4. The minimum atomic E-state index is -0.182. The van der Waals surface area contributed by atoms with Crippen molar-refractivity contribution in [3.8, 4) is 5.75 Å². The van der Waals surface area contributed by atoms with Crippen molar-refractivity contribution in [2.24, 2.45) is 5.92 Å². The Balaban J connectivity index is 1.28. The van der Waals surface area contributed by atoms with Gasteiger partial charge >= 0.3 is 0 Å². The number of rotatable bonds is 7. The highest BCUT2D eigenvalue weighted by Gasteiger charge is 2.33. The maximum Gasteiger partial charge on any atom is 0.254 e. The van der Waals surface area contributed by atoms with Gasteiger partial charge in [-0.3, -0.25) is 9.69 Å². The number of carbonyl (C=O) groups is 1. The molecule has 0 radical (unpaired) electrons. The van der Waals surface area contributed by atoms with Gasteiger partial charge in [-0.05, 0) is 42.3 Å². The smallest absolute Gasteiger partial charge is 0.254 e. The third-order valence-electron chi connectivity index (χ3n) is 6.78. The van der Waals surface area contributed by atoms with Gasteiger partial charge in [-0.25, -0.2) is 9.37 Å². The number of aromatic amines is 1. The van der Waals surface area contributed by atoms with Gasteiger partial charge in [0.25, 0.3) is 5.91 Å². The van der Waals surface area contributed by atoms with Gasteiger partial charge in [0.15, 0.2) is 0 Å². The van der Waals surface area contributed by atoms with Crippen molar-refractivity contribution < 1.29 is 13.9 Å². The van der Waals surface area contributed by atoms with Gasteiger partial charge in [0.2, 0.25) is 0 Å². The first-order valence-electron chi connectivity index (χ1n) is 12.4. The molecule has 1 amide bonds. The third kappa shape index (κ3) is 5.26. The summed E-state index contributed by atoms with van der Waals surface area (Å²) in [4.78, 5) is 25.7. The molecule has 6 nitrogen and oxygen atoms in total. The third-order valence-corrected chi connectivity index (χ3v) is 6.78. The van der Waals surface area contributed by atoms with Crippen molar-refractivity contribution in [3.63, 3.8) is 0 Å². The van der Waals surface area contributed by atoms with Crippen LogP contribution in [0.2, 0.25) is 0 Å². The molecule has 1 aromatic heterocycles. The molecule has 0 unspecified atom stereocenters. The average molecular weight is 487 g/mol. The molecule has 0 spiro atoms. The zero-order valence-corrected chi connectivity index (χ0v) is 20.7. The van der Waals surface area contributed by atoms with Gasteiger partial charge in [0.1, 0.15) is 24.0 Å². The van der Waals surface area contributed by atoms with Crippen molar-refractivity contribution in [1.29, 1.82) is 0 Å². The highest BCUT2D eigenvalue weighted by Crippen LogP contribution is 2.24. The van der Waals surface area contributed by atoms with Crippen molar-refractivity contribution in [3.05, 3.63) is 95.6 Å². The molecule has 4 aromatic rings. The molecule has 0 aliphatic carbocycles. The lowest BCUT2D eigenvalue weighted by molar-refractivity contribution is 0.0326. The van der Waals surface area contributed by atoms with E-state index in [-0.39, 0.29) is 23.7 Å². The van der Waals surface area contributed by atoms with Crippen molar-refractivity contribution in [1.82, 2.24) is 19.8 Å². The fraction of sp³-hybridized carbons (Fsp3) is 0.310. The summed E-state index contributed by atoms with van der Waals surface area (Å²) in [5, 5.41) is 0. The number of carbonyl (C=O) groups excluding carboxylic acids is 1. The number of fused-ring (bicyclic) bond motifs is 1. The van der Waals surface area contributed by atoms with Crippen LogP contribution in [0.3, 0.4) is 0 Å². The van der Waals surface area contributed by atoms with E-state index in [0.29, 0.717) is 49.7 Å². The number of H-pyrrole nitrogens is 1. The topological polar surface area (TPSA) is 61.5 Å². The van der Waals surface area contributed by atoms with Gasteiger partial charge < -0.3 is 14.6 Å². The highest BCUT2D eigenvalue weighted by atomic mass is 19.1. The first-order valence-corrected chi connectivity index (χ1v) is 12.4. The van der Waals surface area contributed by atoms with Crippen LogP contribution < -0.4 is 4.74 Å². The summed E-state index contributed by atoms with van der Waals surface area (Å²) in [5.74, 6) is 1.59. The van der Waals surface area contributed by atoms with E-state index >= 15 is 0 Å². The zero-order valence-electron chi connectivity index (χ0n) is 20.7. The second kappa shape index (κ2) is 10.5. The van der Waals surface area contributed by atoms with Crippen LogP contribution in [0.5, 0.6) is 5.75 Å². The van der Waals surface area contributed by atoms with Crippen LogP contribution in [0.15, 0.2) is 72.8 Å². The van der Waals surface area contributed by atoms with Crippen LogP contribution in [-0.4, -0.2) is 51.4 Å². The number of imidazole rings is 1. The van der Waals surface area contributed by atoms with Gasteiger partial charge in [0, 0.05) is 43.3 Å². The first kappa shape index (κ1) is 24.0. The number of nitrogens with zero attached hydrogens (tertiary/aromatic N) is 3. The summed E-state index contributed by atoms with van der Waals surface area (Å²) in [5.41, 5.74) is 2.94. The molecule has 1 fully saturated rings.